The van der Waals surface area contributed by atoms with E-state index in [1.54, 1.807) is 43.3 Å². The van der Waals surface area contributed by atoms with Gasteiger partial charge in [0.1, 0.15) is 6.54 Å². The van der Waals surface area contributed by atoms with Crippen molar-refractivity contribution in [2.45, 2.75) is 20.8 Å². The second-order valence-corrected chi connectivity index (χ2v) is 5.76. The van der Waals surface area contributed by atoms with E-state index >= 15 is 0 Å². The summed E-state index contributed by atoms with van der Waals surface area (Å²) in [5, 5.41) is 2.75. The number of amides is 2. The van der Waals surface area contributed by atoms with Crippen LogP contribution in [0.2, 0.25) is 0 Å². The van der Waals surface area contributed by atoms with Crippen molar-refractivity contribution < 1.29 is 19.1 Å². The predicted octanol–water partition coefficient (Wildman–Crippen LogP) is 3.16. The number of hydrogen-bond acceptors (Lipinski definition) is 4. The molecule has 0 heterocycles. The number of nitrogens with zero attached hydrogens (tertiary/aromatic N) is 1. The molecule has 2 aromatic carbocycles. The summed E-state index contributed by atoms with van der Waals surface area (Å²) >= 11 is 0. The number of para-hydroxylation sites is 1. The van der Waals surface area contributed by atoms with Crippen LogP contribution >= 0.6 is 0 Å². The zero-order chi connectivity index (χ0) is 19.1. The normalized spacial score (nSPS) is 10.1. The summed E-state index contributed by atoms with van der Waals surface area (Å²) in [7, 11) is 0. The Hall–Kier alpha value is -3.15. The Labute approximate surface area is 152 Å². The largest absolute Gasteiger partial charge is 0.462 e. The van der Waals surface area contributed by atoms with E-state index in [9.17, 15) is 14.4 Å². The van der Waals surface area contributed by atoms with Crippen LogP contribution in [0.5, 0.6) is 0 Å². The van der Waals surface area contributed by atoms with E-state index in [1.807, 2.05) is 19.1 Å². The lowest BCUT2D eigenvalue weighted by atomic mass is 10.1. The van der Waals surface area contributed by atoms with Crippen molar-refractivity contribution >= 4 is 29.2 Å². The highest BCUT2D eigenvalue weighted by Crippen LogP contribution is 2.22. The molecule has 26 heavy (non-hydrogen) atoms. The fourth-order valence-corrected chi connectivity index (χ4v) is 2.44. The van der Waals surface area contributed by atoms with Gasteiger partial charge in [0.15, 0.2) is 0 Å². The molecule has 0 aliphatic carbocycles. The minimum atomic E-state index is -0.534. The van der Waals surface area contributed by atoms with Gasteiger partial charge in [-0.05, 0) is 38.1 Å². The molecule has 0 bridgehead atoms. The van der Waals surface area contributed by atoms with Crippen molar-refractivity contribution in [3.05, 3.63) is 59.7 Å². The van der Waals surface area contributed by atoms with Crippen molar-refractivity contribution in [2.75, 3.05) is 23.4 Å². The highest BCUT2D eigenvalue weighted by molar-refractivity contribution is 6.06. The van der Waals surface area contributed by atoms with Gasteiger partial charge in [-0.25, -0.2) is 4.79 Å². The highest BCUT2D eigenvalue weighted by Gasteiger charge is 2.22. The van der Waals surface area contributed by atoms with E-state index in [1.165, 1.54) is 11.8 Å². The molecule has 2 rings (SSSR count). The average Bonchev–Trinajstić information content (AvgIpc) is 2.61. The van der Waals surface area contributed by atoms with Gasteiger partial charge in [0.25, 0.3) is 0 Å². The van der Waals surface area contributed by atoms with Crippen LogP contribution in [0.1, 0.15) is 29.8 Å². The predicted molar refractivity (Wildman–Crippen MR) is 100 cm³/mol. The molecule has 0 spiro atoms. The topological polar surface area (TPSA) is 75.7 Å². The number of aryl methyl sites for hydroxylation is 1. The Morgan fingerprint density at radius 2 is 1.69 bits per heavy atom. The summed E-state index contributed by atoms with van der Waals surface area (Å²) < 4.78 is 5.03. The lowest BCUT2D eigenvalue weighted by molar-refractivity contribution is -0.120. The molecule has 6 nitrogen and oxygen atoms in total. The van der Waals surface area contributed by atoms with Crippen molar-refractivity contribution in [3.8, 4) is 0 Å². The molecule has 136 valence electrons. The number of hydrogen-bond donors (Lipinski definition) is 1. The second-order valence-electron chi connectivity index (χ2n) is 5.76. The van der Waals surface area contributed by atoms with Crippen molar-refractivity contribution in [2.24, 2.45) is 0 Å². The van der Waals surface area contributed by atoms with Gasteiger partial charge in [0, 0.05) is 12.6 Å². The zero-order valence-corrected chi connectivity index (χ0v) is 15.1. The van der Waals surface area contributed by atoms with Gasteiger partial charge in [0.2, 0.25) is 11.8 Å². The quantitative estimate of drug-likeness (QED) is 0.809. The van der Waals surface area contributed by atoms with Gasteiger partial charge in [-0.2, -0.15) is 0 Å². The molecular weight excluding hydrogens is 332 g/mol. The molecule has 0 atom stereocenters. The summed E-state index contributed by atoms with van der Waals surface area (Å²) in [6.45, 7) is 5.02. The lowest BCUT2D eigenvalue weighted by Gasteiger charge is -2.23. The summed E-state index contributed by atoms with van der Waals surface area (Å²) in [6, 6.07) is 13.9. The highest BCUT2D eigenvalue weighted by atomic mass is 16.5. The van der Waals surface area contributed by atoms with Crippen LogP contribution in [-0.2, 0) is 14.3 Å². The molecule has 0 radical (unpaired) electrons. The first kappa shape index (κ1) is 19.2. The lowest BCUT2D eigenvalue weighted by Crippen LogP contribution is -2.37. The third-order valence-electron chi connectivity index (χ3n) is 3.71. The smallest absolute Gasteiger partial charge is 0.340 e. The number of benzene rings is 2. The van der Waals surface area contributed by atoms with E-state index in [0.29, 0.717) is 11.4 Å². The second kappa shape index (κ2) is 8.80. The summed E-state index contributed by atoms with van der Waals surface area (Å²) in [6.07, 6.45) is 0. The first-order valence-electron chi connectivity index (χ1n) is 8.33. The van der Waals surface area contributed by atoms with E-state index < -0.39 is 5.97 Å². The van der Waals surface area contributed by atoms with Crippen LogP contribution in [0, 0.1) is 6.92 Å². The third kappa shape index (κ3) is 4.92. The molecule has 2 amide bonds. The fraction of sp³-hybridized carbons (Fsp3) is 0.250. The molecule has 1 N–H and O–H groups in total. The van der Waals surface area contributed by atoms with Crippen LogP contribution in [0.25, 0.3) is 0 Å². The molecule has 0 aliphatic rings. The van der Waals surface area contributed by atoms with Crippen LogP contribution in [-0.4, -0.2) is 30.9 Å². The van der Waals surface area contributed by atoms with Gasteiger partial charge >= 0.3 is 5.97 Å². The Bertz CT molecular complexity index is 800. The average molecular weight is 354 g/mol. The van der Waals surface area contributed by atoms with Crippen molar-refractivity contribution in [1.29, 1.82) is 0 Å². The number of esters is 1. The number of ether oxygens (including phenoxy) is 1. The molecule has 0 aliphatic heterocycles. The monoisotopic (exact) mass is 354 g/mol. The summed E-state index contributed by atoms with van der Waals surface area (Å²) in [4.78, 5) is 37.9. The number of anilines is 2. The van der Waals surface area contributed by atoms with Gasteiger partial charge in [-0.15, -0.1) is 0 Å². The summed E-state index contributed by atoms with van der Waals surface area (Å²) in [5.74, 6) is -1.24. The van der Waals surface area contributed by atoms with Gasteiger partial charge < -0.3 is 15.0 Å². The number of nitrogens with one attached hydrogen (secondary N) is 1. The van der Waals surface area contributed by atoms with Gasteiger partial charge in [-0.3, -0.25) is 9.59 Å². The third-order valence-corrected chi connectivity index (χ3v) is 3.71. The zero-order valence-electron chi connectivity index (χ0n) is 15.1. The molecule has 0 aromatic heterocycles. The Balaban J connectivity index is 2.21. The summed E-state index contributed by atoms with van der Waals surface area (Å²) in [5.41, 5.74) is 2.31. The van der Waals surface area contributed by atoms with E-state index in [0.717, 1.165) is 5.56 Å². The van der Waals surface area contributed by atoms with E-state index in [4.69, 9.17) is 4.74 Å². The number of carbonyl (C=O) groups is 3. The standard InChI is InChI=1S/C20H22N2O4/c1-4-26-20(25)17-7-5-6-8-18(17)22(15(3)23)13-19(24)21-16-11-9-14(2)10-12-16/h5-12H,4,13H2,1-3H3,(H,21,24). The SMILES string of the molecule is CCOC(=O)c1ccccc1N(CC(=O)Nc1ccc(C)cc1)C(C)=O. The Morgan fingerprint density at radius 1 is 1.04 bits per heavy atom. The molecule has 0 unspecified atom stereocenters. The number of carbonyl (C=O) groups excluding carboxylic acids is 3. The van der Waals surface area contributed by atoms with Crippen LogP contribution in [0.15, 0.2) is 48.5 Å². The molecule has 0 saturated carbocycles. The van der Waals surface area contributed by atoms with E-state index in [-0.39, 0.29) is 30.5 Å². The maximum Gasteiger partial charge on any atom is 0.340 e. The van der Waals surface area contributed by atoms with Crippen molar-refractivity contribution in [1.82, 2.24) is 0 Å². The fourth-order valence-electron chi connectivity index (χ4n) is 2.44. The van der Waals surface area contributed by atoms with Crippen molar-refractivity contribution in [3.63, 3.8) is 0 Å². The Kier molecular flexibility index (Phi) is 6.49. The molecule has 6 heteroatoms. The first-order valence-corrected chi connectivity index (χ1v) is 8.33. The van der Waals surface area contributed by atoms with Gasteiger partial charge in [-0.1, -0.05) is 29.8 Å². The van der Waals surface area contributed by atoms with Crippen LogP contribution < -0.4 is 10.2 Å². The maximum absolute atomic E-state index is 12.4. The Morgan fingerprint density at radius 3 is 2.31 bits per heavy atom. The van der Waals surface area contributed by atoms with Crippen LogP contribution in [0.3, 0.4) is 0 Å². The maximum atomic E-state index is 12.4. The molecule has 0 fully saturated rings. The minimum absolute atomic E-state index is 0.209. The van der Waals surface area contributed by atoms with Gasteiger partial charge in [0.05, 0.1) is 17.9 Å². The molecule has 2 aromatic rings. The molecule has 0 saturated heterocycles. The minimum Gasteiger partial charge on any atom is -0.462 e. The molecular formula is C20H22N2O4. The van der Waals surface area contributed by atoms with E-state index in [2.05, 4.69) is 5.32 Å². The first-order chi connectivity index (χ1) is 12.4. The number of rotatable bonds is 6. The van der Waals surface area contributed by atoms with Crippen LogP contribution in [0.4, 0.5) is 11.4 Å².